The fourth-order valence-corrected chi connectivity index (χ4v) is 3.57. The van der Waals surface area contributed by atoms with Gasteiger partial charge in [-0.1, -0.05) is 42.5 Å². The van der Waals surface area contributed by atoms with Crippen LogP contribution in [-0.4, -0.2) is 12.5 Å². The van der Waals surface area contributed by atoms with E-state index in [9.17, 15) is 0 Å². The molecule has 0 saturated heterocycles. The molecule has 0 fully saturated rings. The second kappa shape index (κ2) is 4.76. The molecule has 0 N–H and O–H groups in total. The number of benzene rings is 2. The lowest BCUT2D eigenvalue weighted by Gasteiger charge is -2.02. The Bertz CT molecular complexity index is 776. The minimum atomic E-state index is 0.120. The van der Waals surface area contributed by atoms with Gasteiger partial charge in [-0.25, -0.2) is 4.99 Å². The van der Waals surface area contributed by atoms with Gasteiger partial charge in [0.15, 0.2) is 0 Å². The lowest BCUT2D eigenvalue weighted by atomic mass is 10.1. The zero-order valence-corrected chi connectivity index (χ0v) is 11.6. The monoisotopic (exact) mass is 279 g/mol. The van der Waals surface area contributed by atoms with Gasteiger partial charge in [0.05, 0.1) is 0 Å². The van der Waals surface area contributed by atoms with Crippen LogP contribution >= 0.6 is 11.3 Å². The Morgan fingerprint density at radius 1 is 1.00 bits per heavy atom. The van der Waals surface area contributed by atoms with Crippen molar-refractivity contribution in [2.24, 2.45) is 4.99 Å². The summed E-state index contributed by atoms with van der Waals surface area (Å²) in [5.74, 6) is 0.757. The first-order valence-electron chi connectivity index (χ1n) is 6.64. The van der Waals surface area contributed by atoms with Crippen molar-refractivity contribution in [3.8, 4) is 0 Å². The molecule has 0 radical (unpaired) electrons. The maximum atomic E-state index is 5.78. The topological polar surface area (TPSA) is 21.6 Å². The van der Waals surface area contributed by atoms with Crippen molar-refractivity contribution in [1.29, 1.82) is 0 Å². The number of hydrogen-bond acceptors (Lipinski definition) is 3. The molecule has 0 spiro atoms. The van der Waals surface area contributed by atoms with Crippen LogP contribution < -0.4 is 0 Å². The molecule has 2 nitrogen and oxygen atoms in total. The highest BCUT2D eigenvalue weighted by molar-refractivity contribution is 7.11. The van der Waals surface area contributed by atoms with Gasteiger partial charge in [-0.15, -0.1) is 11.3 Å². The van der Waals surface area contributed by atoms with E-state index in [0.29, 0.717) is 6.61 Å². The van der Waals surface area contributed by atoms with E-state index in [1.165, 1.54) is 15.6 Å². The van der Waals surface area contributed by atoms with Gasteiger partial charge in [-0.05, 0) is 28.3 Å². The third-order valence-corrected chi connectivity index (χ3v) is 4.63. The summed E-state index contributed by atoms with van der Waals surface area (Å²) in [7, 11) is 0. The second-order valence-corrected chi connectivity index (χ2v) is 5.73. The van der Waals surface area contributed by atoms with Crippen molar-refractivity contribution >= 4 is 28.0 Å². The highest BCUT2D eigenvalue weighted by Gasteiger charge is 2.24. The summed E-state index contributed by atoms with van der Waals surface area (Å²) in [6.45, 7) is 0.634. The van der Waals surface area contributed by atoms with Crippen LogP contribution in [0.5, 0.6) is 0 Å². The van der Waals surface area contributed by atoms with Gasteiger partial charge in [-0.3, -0.25) is 0 Å². The zero-order valence-electron chi connectivity index (χ0n) is 10.8. The van der Waals surface area contributed by atoms with Crippen molar-refractivity contribution in [1.82, 2.24) is 0 Å². The molecular formula is C17H13NOS. The number of thiophene rings is 1. The van der Waals surface area contributed by atoms with Crippen LogP contribution in [0.1, 0.15) is 16.5 Å². The molecule has 0 bridgehead atoms. The van der Waals surface area contributed by atoms with Gasteiger partial charge in [-0.2, -0.15) is 0 Å². The van der Waals surface area contributed by atoms with Gasteiger partial charge >= 0.3 is 0 Å². The fourth-order valence-electron chi connectivity index (χ4n) is 2.52. The molecule has 1 aliphatic rings. The molecule has 0 unspecified atom stereocenters. The van der Waals surface area contributed by atoms with Gasteiger partial charge in [0, 0.05) is 10.4 Å². The number of rotatable bonds is 2. The van der Waals surface area contributed by atoms with Gasteiger partial charge in [0.2, 0.25) is 5.90 Å². The highest BCUT2D eigenvalue weighted by Crippen LogP contribution is 2.35. The second-order valence-electron chi connectivity index (χ2n) is 4.81. The smallest absolute Gasteiger partial charge is 0.216 e. The minimum absolute atomic E-state index is 0.120. The van der Waals surface area contributed by atoms with Crippen molar-refractivity contribution in [3.63, 3.8) is 0 Å². The molecule has 0 saturated carbocycles. The molecule has 0 amide bonds. The van der Waals surface area contributed by atoms with Crippen LogP contribution in [0, 0.1) is 0 Å². The Labute approximate surface area is 121 Å². The van der Waals surface area contributed by atoms with Crippen molar-refractivity contribution < 1.29 is 4.74 Å². The standard InChI is InChI=1S/C17H13NOS/c1-2-6-12(7-3-1)17-18-15(10-19-17)16-14-9-5-4-8-13(14)11-20-16/h1-9,11,15H,10H2/t15-/m0/s1. The molecule has 1 aliphatic heterocycles. The third-order valence-electron chi connectivity index (χ3n) is 3.51. The minimum Gasteiger partial charge on any atom is -0.475 e. The normalized spacial score (nSPS) is 18.0. The number of ether oxygens (including phenoxy) is 1. The largest absolute Gasteiger partial charge is 0.475 e. The SMILES string of the molecule is c1ccc(C2=N[C@H](c3scc4ccccc34)CO2)cc1. The van der Waals surface area contributed by atoms with Crippen LogP contribution in [0.15, 0.2) is 65.0 Å². The van der Waals surface area contributed by atoms with Crippen molar-refractivity contribution in [2.75, 3.05) is 6.61 Å². The molecule has 2 aromatic carbocycles. The van der Waals surface area contributed by atoms with Gasteiger partial charge in [0.1, 0.15) is 12.6 Å². The lowest BCUT2D eigenvalue weighted by Crippen LogP contribution is -2.00. The summed E-state index contributed by atoms with van der Waals surface area (Å²) >= 11 is 1.77. The van der Waals surface area contributed by atoms with E-state index in [4.69, 9.17) is 9.73 Å². The first-order valence-corrected chi connectivity index (χ1v) is 7.52. The quantitative estimate of drug-likeness (QED) is 0.680. The molecule has 3 aromatic rings. The molecule has 1 aromatic heterocycles. The average Bonchev–Trinajstić information content (AvgIpc) is 3.14. The number of nitrogens with zero attached hydrogens (tertiary/aromatic N) is 1. The van der Waals surface area contributed by atoms with Crippen LogP contribution in [0.2, 0.25) is 0 Å². The predicted molar refractivity (Wildman–Crippen MR) is 83.5 cm³/mol. The molecule has 2 heterocycles. The summed E-state index contributed by atoms with van der Waals surface area (Å²) in [4.78, 5) is 6.05. The van der Waals surface area contributed by atoms with E-state index < -0.39 is 0 Å². The third kappa shape index (κ3) is 1.91. The summed E-state index contributed by atoms with van der Waals surface area (Å²) in [5, 5.41) is 4.78. The first-order chi connectivity index (χ1) is 9.92. The zero-order chi connectivity index (χ0) is 13.4. The van der Waals surface area contributed by atoms with Crippen LogP contribution in [0.25, 0.3) is 10.8 Å². The fraction of sp³-hybridized carbons (Fsp3) is 0.118. The van der Waals surface area contributed by atoms with Crippen LogP contribution in [0.3, 0.4) is 0 Å². The molecule has 3 heteroatoms. The summed E-state index contributed by atoms with van der Waals surface area (Å²) < 4.78 is 5.78. The van der Waals surface area contributed by atoms with Gasteiger partial charge in [0.25, 0.3) is 0 Å². The van der Waals surface area contributed by atoms with Crippen molar-refractivity contribution in [3.05, 3.63) is 70.4 Å². The number of hydrogen-bond donors (Lipinski definition) is 0. The van der Waals surface area contributed by atoms with Crippen LogP contribution in [-0.2, 0) is 4.74 Å². The maximum Gasteiger partial charge on any atom is 0.216 e. The Kier molecular flexibility index (Phi) is 2.78. The van der Waals surface area contributed by atoms with E-state index >= 15 is 0 Å². The van der Waals surface area contributed by atoms with E-state index in [-0.39, 0.29) is 6.04 Å². The molecule has 0 aliphatic carbocycles. The Morgan fingerprint density at radius 3 is 2.70 bits per heavy atom. The van der Waals surface area contributed by atoms with E-state index in [2.05, 4.69) is 29.6 Å². The number of fused-ring (bicyclic) bond motifs is 1. The van der Waals surface area contributed by atoms with Crippen LogP contribution in [0.4, 0.5) is 0 Å². The maximum absolute atomic E-state index is 5.78. The molecular weight excluding hydrogens is 266 g/mol. The molecule has 20 heavy (non-hydrogen) atoms. The number of aliphatic imine (C=N–C) groups is 1. The summed E-state index contributed by atoms with van der Waals surface area (Å²) in [6.07, 6.45) is 0. The molecule has 1 atom stereocenters. The highest BCUT2D eigenvalue weighted by atomic mass is 32.1. The first kappa shape index (κ1) is 11.7. The van der Waals surface area contributed by atoms with Gasteiger partial charge < -0.3 is 4.74 Å². The van der Waals surface area contributed by atoms with E-state index in [1.807, 2.05) is 30.3 Å². The predicted octanol–water partition coefficient (Wildman–Crippen LogP) is 4.42. The summed E-state index contributed by atoms with van der Waals surface area (Å²) in [6, 6.07) is 18.7. The Balaban J connectivity index is 1.73. The van der Waals surface area contributed by atoms with E-state index in [0.717, 1.165) is 11.5 Å². The lowest BCUT2D eigenvalue weighted by molar-refractivity contribution is 0.321. The molecule has 98 valence electrons. The van der Waals surface area contributed by atoms with Crippen molar-refractivity contribution in [2.45, 2.75) is 6.04 Å². The molecule has 4 rings (SSSR count). The Hall–Kier alpha value is -2.13. The van der Waals surface area contributed by atoms with E-state index in [1.54, 1.807) is 11.3 Å². The summed E-state index contributed by atoms with van der Waals surface area (Å²) in [5.41, 5.74) is 1.05. The Morgan fingerprint density at radius 2 is 1.80 bits per heavy atom. The average molecular weight is 279 g/mol.